The van der Waals surface area contributed by atoms with Crippen LogP contribution in [-0.2, 0) is 16.0 Å². The highest BCUT2D eigenvalue weighted by atomic mass is 16.5. The normalized spacial score (nSPS) is 21.9. The molecule has 1 fully saturated rings. The van der Waals surface area contributed by atoms with Gasteiger partial charge in [0.1, 0.15) is 5.69 Å². The molecule has 0 bridgehead atoms. The average molecular weight is 316 g/mol. The van der Waals surface area contributed by atoms with Gasteiger partial charge in [0.05, 0.1) is 19.3 Å². The maximum absolute atomic E-state index is 5.53. The first kappa shape index (κ1) is 16.2. The van der Waals surface area contributed by atoms with E-state index in [-0.39, 0.29) is 6.10 Å². The number of ether oxygens (including phenoxy) is 2. The van der Waals surface area contributed by atoms with Crippen molar-refractivity contribution in [2.45, 2.75) is 32.0 Å². The standard InChI is InChI=1S/C18H24N2O3/c1-13-4-6-14(7-5-13)18-9-17(23-19-18)11-20-10-16(22-3)8-15(20)12-21-2/h4-7,9,15-16H,8,10-12H2,1-3H3/t15-,16-/m0/s1. The first-order valence-corrected chi connectivity index (χ1v) is 7.98. The number of rotatable bonds is 6. The molecule has 0 N–H and O–H groups in total. The maximum Gasteiger partial charge on any atom is 0.151 e. The highest BCUT2D eigenvalue weighted by Crippen LogP contribution is 2.25. The van der Waals surface area contributed by atoms with Crippen LogP contribution in [0.5, 0.6) is 0 Å². The molecule has 1 aromatic carbocycles. The van der Waals surface area contributed by atoms with Gasteiger partial charge in [0.25, 0.3) is 0 Å². The smallest absolute Gasteiger partial charge is 0.151 e. The zero-order valence-electron chi connectivity index (χ0n) is 14.0. The van der Waals surface area contributed by atoms with Crippen LogP contribution in [0.2, 0.25) is 0 Å². The lowest BCUT2D eigenvalue weighted by molar-refractivity contribution is 0.101. The van der Waals surface area contributed by atoms with Crippen LogP contribution in [0, 0.1) is 6.92 Å². The number of benzene rings is 1. The molecule has 23 heavy (non-hydrogen) atoms. The molecule has 124 valence electrons. The van der Waals surface area contributed by atoms with Crippen molar-refractivity contribution < 1.29 is 14.0 Å². The van der Waals surface area contributed by atoms with E-state index in [2.05, 4.69) is 41.2 Å². The minimum absolute atomic E-state index is 0.259. The molecule has 5 heteroatoms. The summed E-state index contributed by atoms with van der Waals surface area (Å²) in [6.45, 7) is 4.41. The minimum Gasteiger partial charge on any atom is -0.383 e. The number of aromatic nitrogens is 1. The molecule has 1 aliphatic rings. The average Bonchev–Trinajstić information content (AvgIpc) is 3.16. The zero-order valence-corrected chi connectivity index (χ0v) is 14.0. The molecule has 3 rings (SSSR count). The van der Waals surface area contributed by atoms with Gasteiger partial charge in [-0.15, -0.1) is 0 Å². The minimum atomic E-state index is 0.259. The largest absolute Gasteiger partial charge is 0.383 e. The summed E-state index contributed by atoms with van der Waals surface area (Å²) >= 11 is 0. The fourth-order valence-electron chi connectivity index (χ4n) is 3.12. The molecule has 2 aromatic rings. The van der Waals surface area contributed by atoms with Gasteiger partial charge in [-0.25, -0.2) is 0 Å². The van der Waals surface area contributed by atoms with E-state index in [0.29, 0.717) is 12.6 Å². The fourth-order valence-corrected chi connectivity index (χ4v) is 3.12. The van der Waals surface area contributed by atoms with Crippen molar-refractivity contribution in [3.8, 4) is 11.3 Å². The third-order valence-corrected chi connectivity index (χ3v) is 4.45. The first-order valence-electron chi connectivity index (χ1n) is 7.98. The third-order valence-electron chi connectivity index (χ3n) is 4.45. The van der Waals surface area contributed by atoms with Gasteiger partial charge in [-0.3, -0.25) is 4.90 Å². The van der Waals surface area contributed by atoms with Crippen molar-refractivity contribution in [3.05, 3.63) is 41.7 Å². The Morgan fingerprint density at radius 1 is 1.26 bits per heavy atom. The van der Waals surface area contributed by atoms with Crippen molar-refractivity contribution >= 4 is 0 Å². The van der Waals surface area contributed by atoms with Gasteiger partial charge in [-0.1, -0.05) is 35.0 Å². The van der Waals surface area contributed by atoms with Crippen molar-refractivity contribution in [1.82, 2.24) is 10.1 Å². The van der Waals surface area contributed by atoms with Crippen LogP contribution in [0.25, 0.3) is 11.3 Å². The van der Waals surface area contributed by atoms with Gasteiger partial charge < -0.3 is 14.0 Å². The summed E-state index contributed by atoms with van der Waals surface area (Å²) in [7, 11) is 3.50. The topological polar surface area (TPSA) is 47.7 Å². The lowest BCUT2D eigenvalue weighted by Crippen LogP contribution is -2.32. The van der Waals surface area contributed by atoms with Crippen LogP contribution >= 0.6 is 0 Å². The summed E-state index contributed by atoms with van der Waals surface area (Å²) in [5.74, 6) is 0.874. The van der Waals surface area contributed by atoms with E-state index in [1.807, 2.05) is 6.07 Å². The van der Waals surface area contributed by atoms with E-state index >= 15 is 0 Å². The number of nitrogens with zero attached hydrogens (tertiary/aromatic N) is 2. The van der Waals surface area contributed by atoms with Crippen molar-refractivity contribution in [1.29, 1.82) is 0 Å². The molecule has 0 aliphatic carbocycles. The van der Waals surface area contributed by atoms with E-state index in [0.717, 1.165) is 36.5 Å². The molecule has 0 spiro atoms. The lowest BCUT2D eigenvalue weighted by Gasteiger charge is -2.21. The highest BCUT2D eigenvalue weighted by molar-refractivity contribution is 5.59. The van der Waals surface area contributed by atoms with Crippen LogP contribution in [0.3, 0.4) is 0 Å². The zero-order chi connectivity index (χ0) is 16.2. The van der Waals surface area contributed by atoms with Crippen LogP contribution in [-0.4, -0.2) is 49.6 Å². The van der Waals surface area contributed by atoms with Crippen LogP contribution in [0.15, 0.2) is 34.9 Å². The molecule has 1 saturated heterocycles. The van der Waals surface area contributed by atoms with Crippen molar-refractivity contribution in [2.75, 3.05) is 27.4 Å². The monoisotopic (exact) mass is 316 g/mol. The molecule has 5 nitrogen and oxygen atoms in total. The summed E-state index contributed by atoms with van der Waals surface area (Å²) in [6.07, 6.45) is 1.25. The second-order valence-electron chi connectivity index (χ2n) is 6.18. The molecule has 2 atom stereocenters. The third kappa shape index (κ3) is 3.80. The van der Waals surface area contributed by atoms with Gasteiger partial charge >= 0.3 is 0 Å². The van der Waals surface area contributed by atoms with Gasteiger partial charge in [0.15, 0.2) is 5.76 Å². The van der Waals surface area contributed by atoms with Crippen LogP contribution in [0.1, 0.15) is 17.7 Å². The Bertz CT molecular complexity index is 623. The second kappa shape index (κ2) is 7.25. The summed E-state index contributed by atoms with van der Waals surface area (Å²) in [4.78, 5) is 2.34. The van der Waals surface area contributed by atoms with E-state index < -0.39 is 0 Å². The Morgan fingerprint density at radius 2 is 2.04 bits per heavy atom. The van der Waals surface area contributed by atoms with Gasteiger partial charge in [-0.05, 0) is 13.3 Å². The number of hydrogen-bond acceptors (Lipinski definition) is 5. The van der Waals surface area contributed by atoms with Crippen molar-refractivity contribution in [3.63, 3.8) is 0 Å². The molecular formula is C18H24N2O3. The number of hydrogen-bond donors (Lipinski definition) is 0. The Hall–Kier alpha value is -1.69. The highest BCUT2D eigenvalue weighted by Gasteiger charge is 2.32. The maximum atomic E-state index is 5.53. The number of aryl methyl sites for hydroxylation is 1. The predicted octanol–water partition coefficient (Wildman–Crippen LogP) is 2.89. The molecule has 0 radical (unpaired) electrons. The molecule has 0 unspecified atom stereocenters. The summed E-state index contributed by atoms with van der Waals surface area (Å²) < 4.78 is 16.4. The van der Waals surface area contributed by atoms with Crippen molar-refractivity contribution in [2.24, 2.45) is 0 Å². The van der Waals surface area contributed by atoms with Gasteiger partial charge in [-0.2, -0.15) is 0 Å². The molecule has 0 amide bonds. The van der Waals surface area contributed by atoms with Crippen LogP contribution < -0.4 is 0 Å². The Morgan fingerprint density at radius 3 is 2.74 bits per heavy atom. The second-order valence-corrected chi connectivity index (χ2v) is 6.18. The van der Waals surface area contributed by atoms with E-state index in [1.54, 1.807) is 14.2 Å². The molecule has 1 aliphatic heterocycles. The number of likely N-dealkylation sites (tertiary alicyclic amines) is 1. The molecule has 2 heterocycles. The van der Waals surface area contributed by atoms with E-state index in [4.69, 9.17) is 14.0 Å². The van der Waals surface area contributed by atoms with Gasteiger partial charge in [0, 0.05) is 38.4 Å². The fraction of sp³-hybridized carbons (Fsp3) is 0.500. The quantitative estimate of drug-likeness (QED) is 0.820. The van der Waals surface area contributed by atoms with Gasteiger partial charge in [0.2, 0.25) is 0 Å². The Labute approximate surface area is 137 Å². The summed E-state index contributed by atoms with van der Waals surface area (Å²) in [5.41, 5.74) is 3.20. The Balaban J connectivity index is 1.69. The van der Waals surface area contributed by atoms with Crippen LogP contribution in [0.4, 0.5) is 0 Å². The van der Waals surface area contributed by atoms with E-state index in [9.17, 15) is 0 Å². The molecule has 1 aromatic heterocycles. The molecule has 0 saturated carbocycles. The Kier molecular flexibility index (Phi) is 5.10. The SMILES string of the molecule is COC[C@@H]1C[C@H](OC)CN1Cc1cc(-c2ccc(C)cc2)no1. The summed E-state index contributed by atoms with van der Waals surface area (Å²) in [5, 5.41) is 4.20. The summed E-state index contributed by atoms with van der Waals surface area (Å²) in [6, 6.07) is 10.7. The molecular weight excluding hydrogens is 292 g/mol. The first-order chi connectivity index (χ1) is 11.2. The van der Waals surface area contributed by atoms with E-state index in [1.165, 1.54) is 5.56 Å². The lowest BCUT2D eigenvalue weighted by atomic mass is 10.1. The predicted molar refractivity (Wildman–Crippen MR) is 88.2 cm³/mol. The number of methoxy groups -OCH3 is 2.